The minimum Gasteiger partial charge on any atom is -0.207 e. The number of alkyl halides is 2. The van der Waals surface area contributed by atoms with E-state index in [0.29, 0.717) is 11.1 Å². The third kappa shape index (κ3) is 3.30. The molecule has 0 aliphatic carbocycles. The van der Waals surface area contributed by atoms with Crippen LogP contribution in [-0.4, -0.2) is 0 Å². The summed E-state index contributed by atoms with van der Waals surface area (Å²) >= 11 is 0. The molecule has 0 heterocycles. The van der Waals surface area contributed by atoms with Crippen molar-refractivity contribution in [3.63, 3.8) is 0 Å². The predicted molar refractivity (Wildman–Crippen MR) is 60.5 cm³/mol. The summed E-state index contributed by atoms with van der Waals surface area (Å²) in [6, 6.07) is 6.17. The summed E-state index contributed by atoms with van der Waals surface area (Å²) in [5.74, 6) is -2.48. The van der Waals surface area contributed by atoms with Gasteiger partial charge in [-0.1, -0.05) is 6.07 Å². The maximum Gasteiger partial charge on any atom is 0.266 e. The Morgan fingerprint density at radius 2 is 1.42 bits per heavy atom. The lowest BCUT2D eigenvalue weighted by atomic mass is 10.0. The lowest BCUT2D eigenvalue weighted by Crippen LogP contribution is -1.96. The fourth-order valence-electron chi connectivity index (χ4n) is 1.82. The maximum absolute atomic E-state index is 13.1. The van der Waals surface area contributed by atoms with Gasteiger partial charge < -0.3 is 0 Å². The molecular formula is C14H9F5. The van der Waals surface area contributed by atoms with Crippen LogP contribution in [0.5, 0.6) is 0 Å². The highest BCUT2D eigenvalue weighted by Gasteiger charge is 2.14. The molecule has 0 amide bonds. The number of rotatable bonds is 3. The van der Waals surface area contributed by atoms with E-state index in [0.717, 1.165) is 30.3 Å². The molecule has 0 bridgehead atoms. The molecule has 2 rings (SSSR count). The zero-order valence-electron chi connectivity index (χ0n) is 9.64. The van der Waals surface area contributed by atoms with Crippen LogP contribution in [0.2, 0.25) is 0 Å². The molecule has 2 aromatic rings. The summed E-state index contributed by atoms with van der Waals surface area (Å²) in [4.78, 5) is 0. The highest BCUT2D eigenvalue weighted by atomic mass is 19.3. The Labute approximate surface area is 106 Å². The van der Waals surface area contributed by atoms with Crippen molar-refractivity contribution in [3.8, 4) is 0 Å². The van der Waals surface area contributed by atoms with Crippen molar-refractivity contribution in [2.75, 3.05) is 0 Å². The van der Waals surface area contributed by atoms with Crippen LogP contribution in [0.15, 0.2) is 36.4 Å². The molecule has 0 spiro atoms. The molecule has 0 unspecified atom stereocenters. The van der Waals surface area contributed by atoms with Crippen molar-refractivity contribution < 1.29 is 22.0 Å². The molecule has 0 nitrogen and oxygen atoms in total. The Morgan fingerprint density at radius 3 is 2.00 bits per heavy atom. The molecule has 100 valence electrons. The van der Waals surface area contributed by atoms with Gasteiger partial charge in [0, 0.05) is 6.07 Å². The Hall–Kier alpha value is -1.91. The van der Waals surface area contributed by atoms with Crippen LogP contribution >= 0.6 is 0 Å². The van der Waals surface area contributed by atoms with Gasteiger partial charge in [0.05, 0.1) is 5.56 Å². The van der Waals surface area contributed by atoms with Gasteiger partial charge in [-0.3, -0.25) is 0 Å². The lowest BCUT2D eigenvalue weighted by Gasteiger charge is -2.07. The normalized spacial score (nSPS) is 11.1. The van der Waals surface area contributed by atoms with E-state index in [1.54, 1.807) is 0 Å². The molecule has 0 N–H and O–H groups in total. The fourth-order valence-corrected chi connectivity index (χ4v) is 1.82. The Bertz CT molecular complexity index is 572. The van der Waals surface area contributed by atoms with E-state index >= 15 is 0 Å². The SMILES string of the molecule is Fc1cc(F)cc(Cc2ccc(F)c(C(F)F)c2)c1. The second-order valence-corrected chi connectivity index (χ2v) is 4.11. The maximum atomic E-state index is 13.1. The van der Waals surface area contributed by atoms with Crippen LogP contribution in [0.3, 0.4) is 0 Å². The molecule has 0 aliphatic heterocycles. The van der Waals surface area contributed by atoms with Gasteiger partial charge in [-0.05, 0) is 41.8 Å². The standard InChI is InChI=1S/C14H9F5/c15-10-4-9(5-11(16)7-10)3-8-1-2-13(17)12(6-8)14(18)19/h1-2,4-7,14H,3H2. The van der Waals surface area contributed by atoms with Crippen molar-refractivity contribution in [2.45, 2.75) is 12.8 Å². The largest absolute Gasteiger partial charge is 0.266 e. The molecule has 0 saturated heterocycles. The van der Waals surface area contributed by atoms with Crippen molar-refractivity contribution in [1.29, 1.82) is 0 Å². The molecule has 0 fully saturated rings. The quantitative estimate of drug-likeness (QED) is 0.714. The van der Waals surface area contributed by atoms with E-state index in [9.17, 15) is 22.0 Å². The van der Waals surface area contributed by atoms with Gasteiger partial charge in [-0.2, -0.15) is 0 Å². The van der Waals surface area contributed by atoms with Gasteiger partial charge >= 0.3 is 0 Å². The Morgan fingerprint density at radius 1 is 0.789 bits per heavy atom. The number of hydrogen-bond donors (Lipinski definition) is 0. The van der Waals surface area contributed by atoms with Crippen LogP contribution in [-0.2, 0) is 6.42 Å². The van der Waals surface area contributed by atoms with E-state index in [2.05, 4.69) is 0 Å². The van der Waals surface area contributed by atoms with Crippen LogP contribution in [0.25, 0.3) is 0 Å². The van der Waals surface area contributed by atoms with Crippen LogP contribution in [0, 0.1) is 17.5 Å². The molecule has 5 heteroatoms. The second-order valence-electron chi connectivity index (χ2n) is 4.11. The molecule has 2 aromatic carbocycles. The lowest BCUT2D eigenvalue weighted by molar-refractivity contribution is 0.146. The fraction of sp³-hybridized carbons (Fsp3) is 0.143. The molecule has 0 saturated carbocycles. The van der Waals surface area contributed by atoms with E-state index < -0.39 is 29.4 Å². The highest BCUT2D eigenvalue weighted by Crippen LogP contribution is 2.24. The van der Waals surface area contributed by atoms with Crippen LogP contribution < -0.4 is 0 Å². The molecule has 0 atom stereocenters. The Kier molecular flexibility index (Phi) is 3.83. The third-order valence-electron chi connectivity index (χ3n) is 2.63. The van der Waals surface area contributed by atoms with Gasteiger partial charge in [0.15, 0.2) is 0 Å². The third-order valence-corrected chi connectivity index (χ3v) is 2.63. The van der Waals surface area contributed by atoms with Gasteiger partial charge in [0.2, 0.25) is 0 Å². The molecule has 0 aliphatic rings. The van der Waals surface area contributed by atoms with Crippen molar-refractivity contribution in [3.05, 3.63) is 70.5 Å². The van der Waals surface area contributed by atoms with Gasteiger partial charge in [0.25, 0.3) is 6.43 Å². The molecule has 0 aromatic heterocycles. The molecule has 19 heavy (non-hydrogen) atoms. The molecule has 0 radical (unpaired) electrons. The summed E-state index contributed by atoms with van der Waals surface area (Å²) < 4.78 is 64.1. The van der Waals surface area contributed by atoms with E-state index in [4.69, 9.17) is 0 Å². The van der Waals surface area contributed by atoms with Crippen LogP contribution in [0.4, 0.5) is 22.0 Å². The van der Waals surface area contributed by atoms with Gasteiger partial charge in [-0.15, -0.1) is 0 Å². The second kappa shape index (κ2) is 5.38. The number of hydrogen-bond acceptors (Lipinski definition) is 0. The summed E-state index contributed by atoms with van der Waals surface area (Å²) in [5.41, 5.74) is -0.0552. The zero-order chi connectivity index (χ0) is 14.0. The summed E-state index contributed by atoms with van der Waals surface area (Å²) in [5, 5.41) is 0. The topological polar surface area (TPSA) is 0 Å². The first kappa shape index (κ1) is 13.5. The first-order valence-electron chi connectivity index (χ1n) is 5.47. The average Bonchev–Trinajstić information content (AvgIpc) is 2.30. The predicted octanol–water partition coefficient (Wildman–Crippen LogP) is 4.63. The minimum absolute atomic E-state index is 0.0503. The summed E-state index contributed by atoms with van der Waals surface area (Å²) in [6.45, 7) is 0. The smallest absolute Gasteiger partial charge is 0.207 e. The van der Waals surface area contributed by atoms with E-state index in [1.165, 1.54) is 6.07 Å². The zero-order valence-corrected chi connectivity index (χ0v) is 9.64. The molecular weight excluding hydrogens is 263 g/mol. The number of halogens is 5. The Balaban J connectivity index is 2.30. The van der Waals surface area contributed by atoms with Crippen molar-refractivity contribution in [1.82, 2.24) is 0 Å². The van der Waals surface area contributed by atoms with Crippen molar-refractivity contribution >= 4 is 0 Å². The average molecular weight is 272 g/mol. The van der Waals surface area contributed by atoms with Crippen LogP contribution in [0.1, 0.15) is 23.1 Å². The van der Waals surface area contributed by atoms with E-state index in [-0.39, 0.29) is 6.42 Å². The van der Waals surface area contributed by atoms with E-state index in [1.807, 2.05) is 0 Å². The monoisotopic (exact) mass is 272 g/mol. The first-order chi connectivity index (χ1) is 8.95. The highest BCUT2D eigenvalue weighted by molar-refractivity contribution is 5.31. The van der Waals surface area contributed by atoms with Crippen molar-refractivity contribution in [2.24, 2.45) is 0 Å². The summed E-state index contributed by atoms with van der Waals surface area (Å²) in [7, 11) is 0. The van der Waals surface area contributed by atoms with Gasteiger partial charge in [-0.25, -0.2) is 22.0 Å². The minimum atomic E-state index is -2.93. The first-order valence-corrected chi connectivity index (χ1v) is 5.47. The number of benzene rings is 2. The van der Waals surface area contributed by atoms with Gasteiger partial charge in [0.1, 0.15) is 17.5 Å². The summed E-state index contributed by atoms with van der Waals surface area (Å²) in [6.07, 6.45) is -2.88.